The van der Waals surface area contributed by atoms with Gasteiger partial charge in [-0.25, -0.2) is 9.59 Å². The second-order valence-corrected chi connectivity index (χ2v) is 10.1. The van der Waals surface area contributed by atoms with Crippen LogP contribution in [0.4, 0.5) is 4.79 Å². The zero-order valence-corrected chi connectivity index (χ0v) is 21.2. The van der Waals surface area contributed by atoms with Gasteiger partial charge >= 0.3 is 12.1 Å². The Balaban J connectivity index is 1.17. The summed E-state index contributed by atoms with van der Waals surface area (Å²) in [6.45, 7) is 0.806. The summed E-state index contributed by atoms with van der Waals surface area (Å²) in [7, 11) is 1.80. The first-order valence-electron chi connectivity index (χ1n) is 12.8. The molecule has 2 aliphatic rings. The molecule has 0 bridgehead atoms. The van der Waals surface area contributed by atoms with Crippen molar-refractivity contribution in [3.63, 3.8) is 0 Å². The summed E-state index contributed by atoms with van der Waals surface area (Å²) in [4.78, 5) is 39.5. The molecule has 196 valence electrons. The van der Waals surface area contributed by atoms with Crippen LogP contribution < -0.4 is 10.6 Å². The SMILES string of the molecule is CN(Cc1ccccc1)CC(NC(=O)C1(NC(=O)OCC2c3ccccc3-c3ccccc32)CC1)C(=O)O. The molecular formula is C30H31N3O5. The second kappa shape index (κ2) is 10.7. The predicted octanol–water partition coefficient (Wildman–Crippen LogP) is 3.76. The fourth-order valence-corrected chi connectivity index (χ4v) is 5.12. The summed E-state index contributed by atoms with van der Waals surface area (Å²) in [5.74, 6) is -1.73. The van der Waals surface area contributed by atoms with Crippen molar-refractivity contribution < 1.29 is 24.2 Å². The van der Waals surface area contributed by atoms with E-state index in [2.05, 4.69) is 22.8 Å². The van der Waals surface area contributed by atoms with Crippen molar-refractivity contribution in [3.8, 4) is 11.1 Å². The fourth-order valence-electron chi connectivity index (χ4n) is 5.12. The largest absolute Gasteiger partial charge is 0.480 e. The maximum Gasteiger partial charge on any atom is 0.408 e. The van der Waals surface area contributed by atoms with Crippen LogP contribution in [0.5, 0.6) is 0 Å². The van der Waals surface area contributed by atoms with E-state index in [1.807, 2.05) is 71.6 Å². The Morgan fingerprint density at radius 3 is 2.11 bits per heavy atom. The average Bonchev–Trinajstić information content (AvgIpc) is 3.63. The Morgan fingerprint density at radius 2 is 1.53 bits per heavy atom. The number of rotatable bonds is 10. The number of nitrogens with zero attached hydrogens (tertiary/aromatic N) is 1. The Labute approximate surface area is 221 Å². The number of ether oxygens (including phenoxy) is 1. The van der Waals surface area contributed by atoms with Crippen LogP contribution in [0.3, 0.4) is 0 Å². The molecule has 3 N–H and O–H groups in total. The maximum absolute atomic E-state index is 13.0. The van der Waals surface area contributed by atoms with Gasteiger partial charge in [-0.3, -0.25) is 9.69 Å². The van der Waals surface area contributed by atoms with E-state index in [-0.39, 0.29) is 19.1 Å². The third kappa shape index (κ3) is 5.40. The molecule has 1 atom stereocenters. The number of aliphatic carboxylic acids is 1. The number of benzene rings is 3. The van der Waals surface area contributed by atoms with Gasteiger partial charge in [-0.1, -0.05) is 78.9 Å². The van der Waals surface area contributed by atoms with E-state index in [1.54, 1.807) is 7.05 Å². The molecule has 5 rings (SSSR count). The van der Waals surface area contributed by atoms with Crippen molar-refractivity contribution in [3.05, 3.63) is 95.6 Å². The topological polar surface area (TPSA) is 108 Å². The van der Waals surface area contributed by atoms with Crippen molar-refractivity contribution in [1.82, 2.24) is 15.5 Å². The van der Waals surface area contributed by atoms with Gasteiger partial charge in [0.25, 0.3) is 0 Å². The zero-order valence-electron chi connectivity index (χ0n) is 21.2. The summed E-state index contributed by atoms with van der Waals surface area (Å²) in [6.07, 6.45) is 0.164. The molecule has 3 aromatic carbocycles. The van der Waals surface area contributed by atoms with Crippen LogP contribution >= 0.6 is 0 Å². The number of hydrogen-bond donors (Lipinski definition) is 3. The number of hydrogen-bond acceptors (Lipinski definition) is 5. The average molecular weight is 514 g/mol. The minimum absolute atomic E-state index is 0.0892. The molecule has 38 heavy (non-hydrogen) atoms. The van der Waals surface area contributed by atoms with Gasteiger partial charge in [0, 0.05) is 19.0 Å². The standard InChI is InChI=1S/C30H31N3O5/c1-33(17-20-9-3-2-4-10-20)18-26(27(34)35)31-28(36)30(15-16-30)32-29(37)38-19-25-23-13-7-5-11-21(23)22-12-6-8-14-24(22)25/h2-14,25-26H,15-19H2,1H3,(H,31,36)(H,32,37)(H,34,35). The molecule has 3 aromatic rings. The van der Waals surface area contributed by atoms with E-state index < -0.39 is 29.6 Å². The molecule has 0 spiro atoms. The highest BCUT2D eigenvalue weighted by Gasteiger charge is 2.52. The molecule has 0 heterocycles. The number of amides is 2. The smallest absolute Gasteiger partial charge is 0.408 e. The molecule has 8 nitrogen and oxygen atoms in total. The minimum atomic E-state index is -1.14. The van der Waals surface area contributed by atoms with E-state index >= 15 is 0 Å². The van der Waals surface area contributed by atoms with E-state index in [0.29, 0.717) is 19.4 Å². The molecule has 0 aromatic heterocycles. The lowest BCUT2D eigenvalue weighted by molar-refractivity contribution is -0.142. The lowest BCUT2D eigenvalue weighted by Gasteiger charge is -2.25. The zero-order chi connectivity index (χ0) is 26.7. The van der Waals surface area contributed by atoms with Crippen LogP contribution in [-0.2, 0) is 20.9 Å². The molecule has 0 saturated heterocycles. The van der Waals surface area contributed by atoms with Crippen LogP contribution in [0.25, 0.3) is 11.1 Å². The number of carbonyl (C=O) groups is 3. The summed E-state index contributed by atoms with van der Waals surface area (Å²) >= 11 is 0. The molecule has 2 aliphatic carbocycles. The lowest BCUT2D eigenvalue weighted by Crippen LogP contribution is -2.55. The maximum atomic E-state index is 13.0. The number of alkyl carbamates (subject to hydrolysis) is 1. The van der Waals surface area contributed by atoms with Gasteiger partial charge in [-0.2, -0.15) is 0 Å². The number of likely N-dealkylation sites (N-methyl/N-ethyl adjacent to an activating group) is 1. The quantitative estimate of drug-likeness (QED) is 0.381. The number of carboxylic acids is 1. The van der Waals surface area contributed by atoms with Crippen molar-refractivity contribution in [2.45, 2.75) is 36.9 Å². The fraction of sp³-hybridized carbons (Fsp3) is 0.300. The number of carbonyl (C=O) groups excluding carboxylic acids is 2. The summed E-state index contributed by atoms with van der Waals surface area (Å²) in [5.41, 5.74) is 4.36. The molecule has 8 heteroatoms. The highest BCUT2D eigenvalue weighted by molar-refractivity contribution is 5.95. The molecule has 1 fully saturated rings. The van der Waals surface area contributed by atoms with Crippen molar-refractivity contribution in [2.75, 3.05) is 20.2 Å². The van der Waals surface area contributed by atoms with Crippen molar-refractivity contribution in [2.24, 2.45) is 0 Å². The van der Waals surface area contributed by atoms with Crippen molar-refractivity contribution in [1.29, 1.82) is 0 Å². The molecule has 2 amide bonds. The van der Waals surface area contributed by atoms with Crippen LogP contribution in [0.2, 0.25) is 0 Å². The summed E-state index contributed by atoms with van der Waals surface area (Å²) in [5, 5.41) is 15.0. The highest BCUT2D eigenvalue weighted by atomic mass is 16.5. The summed E-state index contributed by atoms with van der Waals surface area (Å²) in [6, 6.07) is 24.7. The number of nitrogens with one attached hydrogen (secondary N) is 2. The van der Waals surface area contributed by atoms with Gasteiger partial charge in [-0.15, -0.1) is 0 Å². The Kier molecular flexibility index (Phi) is 7.15. The van der Waals surface area contributed by atoms with E-state index in [9.17, 15) is 19.5 Å². The molecule has 0 aliphatic heterocycles. The predicted molar refractivity (Wildman–Crippen MR) is 143 cm³/mol. The van der Waals surface area contributed by atoms with Gasteiger partial charge in [0.05, 0.1) is 0 Å². The number of fused-ring (bicyclic) bond motifs is 3. The number of carboxylic acid groups (broad SMARTS) is 1. The van der Waals surface area contributed by atoms with Gasteiger partial charge in [0.15, 0.2) is 0 Å². The normalized spacial score (nSPS) is 15.7. The third-order valence-electron chi connectivity index (χ3n) is 7.26. The van der Waals surface area contributed by atoms with Crippen molar-refractivity contribution >= 4 is 18.0 Å². The van der Waals surface area contributed by atoms with Crippen LogP contribution in [0, 0.1) is 0 Å². The van der Waals surface area contributed by atoms with E-state index in [1.165, 1.54) is 0 Å². The third-order valence-corrected chi connectivity index (χ3v) is 7.26. The highest BCUT2D eigenvalue weighted by Crippen LogP contribution is 2.44. The van der Waals surface area contributed by atoms with Crippen LogP contribution in [-0.4, -0.2) is 59.8 Å². The monoisotopic (exact) mass is 513 g/mol. The van der Waals surface area contributed by atoms with Gasteiger partial charge in [0.1, 0.15) is 18.2 Å². The van der Waals surface area contributed by atoms with Gasteiger partial charge < -0.3 is 20.5 Å². The first-order valence-corrected chi connectivity index (χ1v) is 12.8. The molecular weight excluding hydrogens is 482 g/mol. The second-order valence-electron chi connectivity index (χ2n) is 10.1. The van der Waals surface area contributed by atoms with Gasteiger partial charge in [-0.05, 0) is 47.7 Å². The summed E-state index contributed by atoms with van der Waals surface area (Å²) < 4.78 is 5.59. The molecule has 1 saturated carbocycles. The van der Waals surface area contributed by atoms with E-state index in [0.717, 1.165) is 27.8 Å². The molecule has 0 radical (unpaired) electrons. The van der Waals surface area contributed by atoms with Crippen LogP contribution in [0.1, 0.15) is 35.4 Å². The first kappa shape index (κ1) is 25.5. The molecule has 1 unspecified atom stereocenters. The Morgan fingerprint density at radius 1 is 0.947 bits per heavy atom. The lowest BCUT2D eigenvalue weighted by atomic mass is 9.98. The Hall–Kier alpha value is -4.17. The first-order chi connectivity index (χ1) is 18.4. The minimum Gasteiger partial charge on any atom is -0.480 e. The Bertz CT molecular complexity index is 1290. The van der Waals surface area contributed by atoms with E-state index in [4.69, 9.17) is 4.74 Å². The van der Waals surface area contributed by atoms with Gasteiger partial charge in [0.2, 0.25) is 5.91 Å². The van der Waals surface area contributed by atoms with Crippen LogP contribution in [0.15, 0.2) is 78.9 Å².